The van der Waals surface area contributed by atoms with E-state index in [-0.39, 0.29) is 22.9 Å². The SMILES string of the molecule is Cc1cccc(F)c1C(=O)N1CCC[C@H](C(=O)Nc2cccc(C(C)(C)C)c2)[C@@H]1c1ccc(NC2CCOCC2)c(F)c1. The van der Waals surface area contributed by atoms with Crippen molar-refractivity contribution in [2.75, 3.05) is 30.4 Å². The second kappa shape index (κ2) is 12.8. The standard InChI is InChI=1S/C35H41F2N3O3/c1-22-8-5-12-28(36)31(22)34(42)40-17-7-11-27(33(41)39-26-10-6-9-24(21-26)35(2,3)4)32(40)23-13-14-30(29(37)20-23)38-25-15-18-43-19-16-25/h5-6,8-10,12-14,20-21,25,27,32,38H,7,11,15-19H2,1-4H3,(H,39,41)/t27-,32-/m0/s1. The van der Waals surface area contributed by atoms with Crippen LogP contribution in [0.2, 0.25) is 0 Å². The molecule has 0 radical (unpaired) electrons. The van der Waals surface area contributed by atoms with Crippen LogP contribution >= 0.6 is 0 Å². The number of likely N-dealkylation sites (tertiary alicyclic amines) is 1. The first-order valence-electron chi connectivity index (χ1n) is 15.1. The Bertz CT molecular complexity index is 1460. The monoisotopic (exact) mass is 589 g/mol. The van der Waals surface area contributed by atoms with Crippen molar-refractivity contribution in [3.63, 3.8) is 0 Å². The number of hydrogen-bond donors (Lipinski definition) is 2. The molecule has 0 spiro atoms. The molecule has 2 saturated heterocycles. The molecule has 6 nitrogen and oxygen atoms in total. The lowest BCUT2D eigenvalue weighted by Crippen LogP contribution is -2.46. The van der Waals surface area contributed by atoms with Crippen LogP contribution in [-0.4, -0.2) is 42.5 Å². The topological polar surface area (TPSA) is 70.7 Å². The molecule has 5 rings (SSSR count). The predicted molar refractivity (Wildman–Crippen MR) is 165 cm³/mol. The molecule has 2 aliphatic rings. The van der Waals surface area contributed by atoms with Crippen molar-refractivity contribution in [2.45, 2.75) is 70.9 Å². The summed E-state index contributed by atoms with van der Waals surface area (Å²) in [6.07, 6.45) is 2.63. The molecular weight excluding hydrogens is 548 g/mol. The molecule has 2 heterocycles. The fraction of sp³-hybridized carbons (Fsp3) is 0.429. The Kier molecular flexibility index (Phi) is 9.16. The summed E-state index contributed by atoms with van der Waals surface area (Å²) in [6.45, 7) is 9.59. The highest BCUT2D eigenvalue weighted by atomic mass is 19.1. The third kappa shape index (κ3) is 6.90. The molecule has 2 fully saturated rings. The highest BCUT2D eigenvalue weighted by molar-refractivity contribution is 5.98. The van der Waals surface area contributed by atoms with Crippen molar-refractivity contribution in [3.8, 4) is 0 Å². The summed E-state index contributed by atoms with van der Waals surface area (Å²) in [5.74, 6) is -2.50. The van der Waals surface area contributed by atoms with Gasteiger partial charge in [-0.05, 0) is 85.0 Å². The Labute approximate surface area is 252 Å². The number of ether oxygens (including phenoxy) is 1. The van der Waals surface area contributed by atoms with E-state index in [4.69, 9.17) is 4.74 Å². The number of benzene rings is 3. The summed E-state index contributed by atoms with van der Waals surface area (Å²) in [4.78, 5) is 29.4. The average molecular weight is 590 g/mol. The Morgan fingerprint density at radius 1 is 0.930 bits per heavy atom. The van der Waals surface area contributed by atoms with Gasteiger partial charge in [-0.3, -0.25) is 9.59 Å². The van der Waals surface area contributed by atoms with Gasteiger partial charge >= 0.3 is 0 Å². The molecule has 0 aliphatic carbocycles. The smallest absolute Gasteiger partial charge is 0.257 e. The summed E-state index contributed by atoms with van der Waals surface area (Å²) in [5.41, 5.74) is 2.99. The lowest BCUT2D eigenvalue weighted by Gasteiger charge is -2.41. The van der Waals surface area contributed by atoms with Crippen LogP contribution in [0.1, 0.15) is 79.5 Å². The van der Waals surface area contributed by atoms with E-state index in [9.17, 15) is 14.0 Å². The maximum absolute atomic E-state index is 15.6. The van der Waals surface area contributed by atoms with E-state index in [1.807, 2.05) is 24.3 Å². The second-order valence-electron chi connectivity index (χ2n) is 12.7. The number of carbonyl (C=O) groups is 2. The van der Waals surface area contributed by atoms with Crippen LogP contribution in [0.25, 0.3) is 0 Å². The van der Waals surface area contributed by atoms with E-state index < -0.39 is 29.5 Å². The summed E-state index contributed by atoms with van der Waals surface area (Å²) < 4.78 is 36.0. The van der Waals surface area contributed by atoms with Gasteiger partial charge in [-0.25, -0.2) is 8.78 Å². The average Bonchev–Trinajstić information content (AvgIpc) is 2.98. The molecule has 0 bridgehead atoms. The van der Waals surface area contributed by atoms with Crippen LogP contribution in [0.15, 0.2) is 60.7 Å². The third-order valence-electron chi connectivity index (χ3n) is 8.58. The van der Waals surface area contributed by atoms with Gasteiger partial charge in [0.1, 0.15) is 11.6 Å². The Balaban J connectivity index is 1.49. The van der Waals surface area contributed by atoms with Gasteiger partial charge in [0, 0.05) is 31.5 Å². The zero-order valence-corrected chi connectivity index (χ0v) is 25.4. The van der Waals surface area contributed by atoms with Gasteiger partial charge in [-0.1, -0.05) is 51.1 Å². The molecule has 3 aromatic carbocycles. The highest BCUT2D eigenvalue weighted by Gasteiger charge is 2.41. The van der Waals surface area contributed by atoms with Crippen LogP contribution < -0.4 is 10.6 Å². The number of hydrogen-bond acceptors (Lipinski definition) is 4. The van der Waals surface area contributed by atoms with Gasteiger partial charge in [0.05, 0.1) is 23.2 Å². The molecule has 0 unspecified atom stereocenters. The van der Waals surface area contributed by atoms with Crippen molar-refractivity contribution in [1.29, 1.82) is 0 Å². The zero-order chi connectivity index (χ0) is 30.7. The molecule has 2 N–H and O–H groups in total. The van der Waals surface area contributed by atoms with Crippen molar-refractivity contribution < 1.29 is 23.1 Å². The number of piperidine rings is 1. The van der Waals surface area contributed by atoms with Crippen molar-refractivity contribution in [3.05, 3.63) is 94.6 Å². The first-order valence-corrected chi connectivity index (χ1v) is 15.1. The van der Waals surface area contributed by atoms with Gasteiger partial charge in [0.2, 0.25) is 5.91 Å². The summed E-state index contributed by atoms with van der Waals surface area (Å²) in [7, 11) is 0. The maximum atomic E-state index is 15.6. The number of anilines is 2. The van der Waals surface area contributed by atoms with Crippen molar-refractivity contribution >= 4 is 23.2 Å². The van der Waals surface area contributed by atoms with E-state index in [0.717, 1.165) is 18.4 Å². The Hall–Kier alpha value is -3.78. The van der Waals surface area contributed by atoms with Gasteiger partial charge in [-0.15, -0.1) is 0 Å². The molecule has 2 atom stereocenters. The molecule has 2 amide bonds. The van der Waals surface area contributed by atoms with E-state index in [2.05, 4.69) is 31.4 Å². The van der Waals surface area contributed by atoms with Crippen LogP contribution in [0.5, 0.6) is 0 Å². The van der Waals surface area contributed by atoms with E-state index in [1.165, 1.54) is 12.1 Å². The van der Waals surface area contributed by atoms with Crippen LogP contribution in [-0.2, 0) is 14.9 Å². The van der Waals surface area contributed by atoms with E-state index >= 15 is 4.39 Å². The zero-order valence-electron chi connectivity index (χ0n) is 25.4. The lowest BCUT2D eigenvalue weighted by molar-refractivity contribution is -0.123. The molecule has 228 valence electrons. The molecule has 43 heavy (non-hydrogen) atoms. The third-order valence-corrected chi connectivity index (χ3v) is 8.58. The molecular formula is C35H41F2N3O3. The van der Waals surface area contributed by atoms with Gasteiger partial charge in [0.25, 0.3) is 5.91 Å². The van der Waals surface area contributed by atoms with Gasteiger partial charge < -0.3 is 20.3 Å². The van der Waals surface area contributed by atoms with Crippen LogP contribution in [0.4, 0.5) is 20.2 Å². The van der Waals surface area contributed by atoms with E-state index in [1.54, 1.807) is 36.1 Å². The number of nitrogens with one attached hydrogen (secondary N) is 2. The summed E-state index contributed by atoms with van der Waals surface area (Å²) >= 11 is 0. The Morgan fingerprint density at radius 3 is 2.37 bits per heavy atom. The molecule has 3 aromatic rings. The fourth-order valence-corrected chi connectivity index (χ4v) is 6.15. The highest BCUT2D eigenvalue weighted by Crippen LogP contribution is 2.40. The number of aryl methyl sites for hydroxylation is 1. The Morgan fingerprint density at radius 2 is 1.67 bits per heavy atom. The number of nitrogens with zero attached hydrogens (tertiary/aromatic N) is 1. The minimum Gasteiger partial charge on any atom is -0.381 e. The van der Waals surface area contributed by atoms with Gasteiger partial charge in [0.15, 0.2) is 0 Å². The van der Waals surface area contributed by atoms with Crippen LogP contribution in [0, 0.1) is 24.5 Å². The number of carbonyl (C=O) groups excluding carboxylic acids is 2. The number of halogens is 2. The molecule has 8 heteroatoms. The quantitative estimate of drug-likeness (QED) is 0.315. The first-order chi connectivity index (χ1) is 20.5. The largest absolute Gasteiger partial charge is 0.381 e. The number of rotatable bonds is 6. The van der Waals surface area contributed by atoms with Crippen molar-refractivity contribution in [1.82, 2.24) is 4.90 Å². The van der Waals surface area contributed by atoms with Gasteiger partial charge in [-0.2, -0.15) is 0 Å². The number of amides is 2. The fourth-order valence-electron chi connectivity index (χ4n) is 6.15. The predicted octanol–water partition coefficient (Wildman–Crippen LogP) is 7.39. The second-order valence-corrected chi connectivity index (χ2v) is 12.7. The minimum absolute atomic E-state index is 0.0234. The molecule has 0 saturated carbocycles. The van der Waals surface area contributed by atoms with Crippen molar-refractivity contribution in [2.24, 2.45) is 5.92 Å². The van der Waals surface area contributed by atoms with Crippen LogP contribution in [0.3, 0.4) is 0 Å². The minimum atomic E-state index is -0.780. The maximum Gasteiger partial charge on any atom is 0.257 e. The normalized spacial score (nSPS) is 19.6. The molecule has 2 aliphatic heterocycles. The summed E-state index contributed by atoms with van der Waals surface area (Å²) in [6, 6.07) is 16.4. The molecule has 0 aromatic heterocycles. The summed E-state index contributed by atoms with van der Waals surface area (Å²) in [5, 5.41) is 6.33. The lowest BCUT2D eigenvalue weighted by atomic mass is 9.83. The van der Waals surface area contributed by atoms with E-state index in [0.29, 0.717) is 55.1 Å². The first kappa shape index (κ1) is 30.7.